The first-order valence-electron chi connectivity index (χ1n) is 11.4. The number of cyclic esters (lactones) is 4. The zero-order chi connectivity index (χ0) is 21.8. The molecule has 6 heteroatoms. The number of hydrogen-bond acceptors (Lipinski definition) is 6. The summed E-state index contributed by atoms with van der Waals surface area (Å²) in [4.78, 5) is 43.9. The molecule has 0 radical (unpaired) electrons. The molecule has 0 spiro atoms. The van der Waals surface area contributed by atoms with Crippen LogP contribution in [0, 0.1) is 17.8 Å². The molecule has 0 aromatic rings. The van der Waals surface area contributed by atoms with E-state index in [1.54, 1.807) is 6.08 Å². The van der Waals surface area contributed by atoms with E-state index >= 15 is 0 Å². The van der Waals surface area contributed by atoms with E-state index in [0.29, 0.717) is 0 Å². The molecule has 0 bridgehead atoms. The lowest BCUT2D eigenvalue weighted by atomic mass is 9.86. The van der Waals surface area contributed by atoms with Gasteiger partial charge in [-0.1, -0.05) is 76.2 Å². The lowest BCUT2D eigenvalue weighted by Gasteiger charge is -2.12. The van der Waals surface area contributed by atoms with Gasteiger partial charge in [-0.25, -0.2) is 0 Å². The second-order valence-corrected chi connectivity index (χ2v) is 8.17. The van der Waals surface area contributed by atoms with Crippen molar-refractivity contribution in [2.75, 3.05) is 0 Å². The summed E-state index contributed by atoms with van der Waals surface area (Å²) >= 11 is 0. The number of allylic oxidation sites excluding steroid dienone is 2. The van der Waals surface area contributed by atoms with Crippen molar-refractivity contribution in [2.24, 2.45) is 17.8 Å². The van der Waals surface area contributed by atoms with Gasteiger partial charge in [0, 0.05) is 0 Å². The molecule has 0 saturated carbocycles. The molecule has 0 aromatic heterocycles. The number of carbonyl (C=O) groups excluding carboxylic acids is 4. The molecule has 2 heterocycles. The third kappa shape index (κ3) is 7.88. The van der Waals surface area contributed by atoms with Crippen LogP contribution in [0.5, 0.6) is 0 Å². The molecule has 2 aliphatic heterocycles. The highest BCUT2D eigenvalue weighted by molar-refractivity contribution is 5.97. The van der Waals surface area contributed by atoms with E-state index < -0.39 is 11.9 Å². The van der Waals surface area contributed by atoms with Crippen molar-refractivity contribution in [3.05, 3.63) is 24.3 Å². The van der Waals surface area contributed by atoms with E-state index in [9.17, 15) is 19.2 Å². The van der Waals surface area contributed by atoms with E-state index in [1.165, 1.54) is 51.4 Å². The molecule has 3 unspecified atom stereocenters. The van der Waals surface area contributed by atoms with Crippen molar-refractivity contribution in [1.29, 1.82) is 0 Å². The Morgan fingerprint density at radius 2 is 1.60 bits per heavy atom. The fraction of sp³-hybridized carbons (Fsp3) is 0.667. The van der Waals surface area contributed by atoms with Gasteiger partial charge in [0.05, 0.1) is 24.2 Å². The quantitative estimate of drug-likeness (QED) is 0.219. The monoisotopic (exact) mass is 418 g/mol. The van der Waals surface area contributed by atoms with Crippen LogP contribution in [0.4, 0.5) is 0 Å². The highest BCUT2D eigenvalue weighted by Gasteiger charge is 2.43. The summed E-state index contributed by atoms with van der Waals surface area (Å²) in [7, 11) is 0. The van der Waals surface area contributed by atoms with Crippen LogP contribution in [-0.4, -0.2) is 23.9 Å². The van der Waals surface area contributed by atoms with Gasteiger partial charge >= 0.3 is 23.9 Å². The van der Waals surface area contributed by atoms with Crippen LogP contribution in [0.25, 0.3) is 0 Å². The molecule has 2 fully saturated rings. The third-order valence-corrected chi connectivity index (χ3v) is 5.69. The predicted octanol–water partition coefficient (Wildman–Crippen LogP) is 4.82. The van der Waals surface area contributed by atoms with Gasteiger partial charge in [-0.2, -0.15) is 0 Å². The normalized spacial score (nSPS) is 25.2. The smallest absolute Gasteiger partial charge is 0.321 e. The number of ether oxygens (including phenoxy) is 2. The van der Waals surface area contributed by atoms with Crippen LogP contribution in [-0.2, 0) is 28.7 Å². The zero-order valence-electron chi connectivity index (χ0n) is 18.0. The molecular weight excluding hydrogens is 384 g/mol. The fourth-order valence-electron chi connectivity index (χ4n) is 3.88. The summed E-state index contributed by atoms with van der Waals surface area (Å²) in [6, 6.07) is 0. The van der Waals surface area contributed by atoms with Crippen molar-refractivity contribution in [3.8, 4) is 0 Å². The van der Waals surface area contributed by atoms with Crippen LogP contribution in [0.2, 0.25) is 0 Å². The second kappa shape index (κ2) is 13.1. The SMILES string of the molecule is CCCCCCCCCCC=CC1CC(=O)OC1=O.O=C1OC(=O)C2CCC=CC12. The van der Waals surface area contributed by atoms with Crippen molar-refractivity contribution in [2.45, 2.75) is 84.0 Å². The van der Waals surface area contributed by atoms with Crippen LogP contribution in [0.1, 0.15) is 84.0 Å². The number of hydrogen-bond donors (Lipinski definition) is 0. The first-order chi connectivity index (χ1) is 14.5. The average Bonchev–Trinajstić information content (AvgIpc) is 3.21. The van der Waals surface area contributed by atoms with E-state index in [2.05, 4.69) is 16.4 Å². The topological polar surface area (TPSA) is 86.7 Å². The molecule has 0 N–H and O–H groups in total. The van der Waals surface area contributed by atoms with E-state index in [-0.39, 0.29) is 36.1 Å². The molecule has 1 aliphatic carbocycles. The third-order valence-electron chi connectivity index (χ3n) is 5.69. The Bertz CT molecular complexity index is 663. The summed E-state index contributed by atoms with van der Waals surface area (Å²) in [5.74, 6) is -2.31. The molecule has 30 heavy (non-hydrogen) atoms. The number of rotatable bonds is 10. The molecule has 3 rings (SSSR count). The molecule has 2 saturated heterocycles. The van der Waals surface area contributed by atoms with Crippen molar-refractivity contribution in [3.63, 3.8) is 0 Å². The van der Waals surface area contributed by atoms with E-state index in [0.717, 1.165) is 19.3 Å². The van der Waals surface area contributed by atoms with E-state index in [1.807, 2.05) is 18.2 Å². The summed E-state index contributed by atoms with van der Waals surface area (Å²) in [6.07, 6.45) is 20.9. The van der Waals surface area contributed by atoms with Crippen molar-refractivity contribution in [1.82, 2.24) is 0 Å². The summed E-state index contributed by atoms with van der Waals surface area (Å²) < 4.78 is 8.97. The Balaban J connectivity index is 0.000000244. The van der Waals surface area contributed by atoms with Crippen LogP contribution < -0.4 is 0 Å². The largest absolute Gasteiger partial charge is 0.393 e. The molecule has 0 aromatic carbocycles. The second-order valence-electron chi connectivity index (χ2n) is 8.17. The molecule has 3 aliphatic rings. The highest BCUT2D eigenvalue weighted by Crippen LogP contribution is 2.32. The van der Waals surface area contributed by atoms with E-state index in [4.69, 9.17) is 0 Å². The lowest BCUT2D eigenvalue weighted by molar-refractivity contribution is -0.155. The lowest BCUT2D eigenvalue weighted by Crippen LogP contribution is -2.17. The Hall–Kier alpha value is -2.24. The van der Waals surface area contributed by atoms with Gasteiger partial charge in [-0.05, 0) is 25.7 Å². The Labute approximate surface area is 179 Å². The van der Waals surface area contributed by atoms with Gasteiger partial charge in [0.15, 0.2) is 0 Å². The Morgan fingerprint density at radius 1 is 0.900 bits per heavy atom. The number of unbranched alkanes of at least 4 members (excludes halogenated alkanes) is 8. The minimum Gasteiger partial charge on any atom is -0.393 e. The van der Waals surface area contributed by atoms with Crippen LogP contribution >= 0.6 is 0 Å². The number of esters is 4. The molecule has 6 nitrogen and oxygen atoms in total. The van der Waals surface area contributed by atoms with Crippen molar-refractivity contribution >= 4 is 23.9 Å². The molecule has 0 amide bonds. The van der Waals surface area contributed by atoms with Gasteiger partial charge in [-0.3, -0.25) is 19.2 Å². The zero-order valence-corrected chi connectivity index (χ0v) is 18.0. The van der Waals surface area contributed by atoms with Gasteiger partial charge < -0.3 is 9.47 Å². The summed E-state index contributed by atoms with van der Waals surface area (Å²) in [6.45, 7) is 2.24. The van der Waals surface area contributed by atoms with Crippen molar-refractivity contribution < 1.29 is 28.7 Å². The van der Waals surface area contributed by atoms with Crippen LogP contribution in [0.3, 0.4) is 0 Å². The Morgan fingerprint density at radius 3 is 2.23 bits per heavy atom. The standard InChI is InChI=1S/C16H26O3.C8H8O3/c1-2-3-4-5-6-7-8-9-10-11-12-14-13-15(17)19-16(14)18;9-7-5-3-1-2-4-6(5)8(10)11-7/h11-12,14H,2-10,13H2,1H3;1,3,5-6H,2,4H2. The summed E-state index contributed by atoms with van der Waals surface area (Å²) in [5.41, 5.74) is 0. The minimum absolute atomic E-state index is 0.188. The molecule has 166 valence electrons. The number of carbonyl (C=O) groups is 4. The van der Waals surface area contributed by atoms with Gasteiger partial charge in [0.2, 0.25) is 0 Å². The Kier molecular flexibility index (Phi) is 10.5. The molecule has 3 atom stereocenters. The van der Waals surface area contributed by atoms with Gasteiger partial charge in [0.1, 0.15) is 0 Å². The predicted molar refractivity (Wildman–Crippen MR) is 112 cm³/mol. The first kappa shape index (κ1) is 24.0. The maximum Gasteiger partial charge on any atom is 0.321 e. The van der Waals surface area contributed by atoms with Crippen LogP contribution in [0.15, 0.2) is 24.3 Å². The fourth-order valence-corrected chi connectivity index (χ4v) is 3.88. The minimum atomic E-state index is -0.397. The number of fused-ring (bicyclic) bond motifs is 1. The molecular formula is C24H34O6. The average molecular weight is 419 g/mol. The summed E-state index contributed by atoms with van der Waals surface area (Å²) in [5, 5.41) is 0. The van der Waals surface area contributed by atoms with Gasteiger partial charge in [0.25, 0.3) is 0 Å². The first-order valence-corrected chi connectivity index (χ1v) is 11.4. The maximum atomic E-state index is 11.2. The maximum absolute atomic E-state index is 11.2. The highest BCUT2D eigenvalue weighted by atomic mass is 16.6. The van der Waals surface area contributed by atoms with Gasteiger partial charge in [-0.15, -0.1) is 0 Å².